The molecule has 2 fully saturated rings. The van der Waals surface area contributed by atoms with Gasteiger partial charge < -0.3 is 0 Å². The lowest BCUT2D eigenvalue weighted by atomic mass is 9.69. The molecule has 0 amide bonds. The molecule has 0 heterocycles. The van der Waals surface area contributed by atoms with Gasteiger partial charge in [0.2, 0.25) is 0 Å². The van der Waals surface area contributed by atoms with E-state index in [1.165, 1.54) is 51.4 Å². The van der Waals surface area contributed by atoms with Gasteiger partial charge in [0.25, 0.3) is 0 Å². The van der Waals surface area contributed by atoms with Gasteiger partial charge in [-0.25, -0.2) is 0 Å². The van der Waals surface area contributed by atoms with Crippen LogP contribution < -0.4 is 0 Å². The van der Waals surface area contributed by atoms with E-state index in [9.17, 15) is 0 Å². The quantitative estimate of drug-likeness (QED) is 0.529. The zero-order valence-corrected chi connectivity index (χ0v) is 12.3. The first-order chi connectivity index (χ1) is 8.29. The van der Waals surface area contributed by atoms with Crippen molar-refractivity contribution in [1.29, 1.82) is 0 Å². The Bertz CT molecular complexity index is 190. The molecule has 0 unspecified atom stereocenters. The lowest BCUT2D eigenvalue weighted by Crippen LogP contribution is -2.24. The monoisotopic (exact) mass is 236 g/mol. The Morgan fingerprint density at radius 3 is 1.59 bits per heavy atom. The largest absolute Gasteiger partial charge is 0.103 e. The van der Waals surface area contributed by atoms with Gasteiger partial charge in [-0.2, -0.15) is 0 Å². The minimum Gasteiger partial charge on any atom is -0.103 e. The average molecular weight is 236 g/mol. The maximum absolute atomic E-state index is 3.93. The Hall–Kier alpha value is -0.260. The van der Waals surface area contributed by atoms with E-state index >= 15 is 0 Å². The molecule has 0 saturated heterocycles. The summed E-state index contributed by atoms with van der Waals surface area (Å²) in [6.07, 6.45) is 14.0. The molecule has 0 aliphatic heterocycles. The molecule has 0 nitrogen and oxygen atoms in total. The van der Waals surface area contributed by atoms with E-state index in [4.69, 9.17) is 0 Å². The van der Waals surface area contributed by atoms with Crippen molar-refractivity contribution >= 4 is 0 Å². The minimum atomic E-state index is 0.837. The highest BCUT2D eigenvalue weighted by Crippen LogP contribution is 2.41. The molecule has 2 aliphatic rings. The minimum absolute atomic E-state index is 0.837. The molecule has 17 heavy (non-hydrogen) atoms. The second kappa shape index (κ2) is 7.95. The molecular formula is C17H32. The lowest BCUT2D eigenvalue weighted by molar-refractivity contribution is 0.160. The third-order valence-corrected chi connectivity index (χ3v) is 4.88. The average Bonchev–Trinajstić information content (AvgIpc) is 2.42. The van der Waals surface area contributed by atoms with E-state index in [0.717, 1.165) is 23.7 Å². The fourth-order valence-electron chi connectivity index (χ4n) is 3.61. The Morgan fingerprint density at radius 1 is 0.765 bits per heavy atom. The first-order valence-corrected chi connectivity index (χ1v) is 7.92. The maximum Gasteiger partial charge on any atom is -0.0236 e. The predicted octanol–water partition coefficient (Wildman–Crippen LogP) is 5.83. The normalized spacial score (nSPS) is 37.8. The van der Waals surface area contributed by atoms with Crippen LogP contribution in [0.1, 0.15) is 72.1 Å². The molecule has 0 spiro atoms. The van der Waals surface area contributed by atoms with Crippen molar-refractivity contribution in [1.82, 2.24) is 0 Å². The van der Waals surface area contributed by atoms with Crippen LogP contribution in [0, 0.1) is 23.7 Å². The van der Waals surface area contributed by atoms with Crippen LogP contribution in [0.15, 0.2) is 12.7 Å². The van der Waals surface area contributed by atoms with Crippen molar-refractivity contribution in [2.24, 2.45) is 23.7 Å². The molecular weight excluding hydrogens is 204 g/mol. The molecule has 0 radical (unpaired) electrons. The Morgan fingerprint density at radius 2 is 1.18 bits per heavy atom. The molecule has 0 bridgehead atoms. The highest BCUT2D eigenvalue weighted by molar-refractivity contribution is 4.87. The van der Waals surface area contributed by atoms with E-state index in [1.54, 1.807) is 0 Å². The third-order valence-electron chi connectivity index (χ3n) is 4.88. The summed E-state index contributed by atoms with van der Waals surface area (Å²) in [5, 5.41) is 0. The van der Waals surface area contributed by atoms with Gasteiger partial charge >= 0.3 is 0 Å². The standard InChI is InChI=1S/C15H26.C2H6/c1-3-13-6-10-15(11-7-13)14-8-4-12(2)5-9-14;1-2/h3,12-15H,1,4-11H2,2H3;1-2H3. The second-order valence-electron chi connectivity index (χ2n) is 5.93. The summed E-state index contributed by atoms with van der Waals surface area (Å²) >= 11 is 0. The fraction of sp³-hybridized carbons (Fsp3) is 0.882. The summed E-state index contributed by atoms with van der Waals surface area (Å²) < 4.78 is 0. The zero-order chi connectivity index (χ0) is 12.7. The number of allylic oxidation sites excluding steroid dienone is 1. The van der Waals surface area contributed by atoms with Crippen molar-refractivity contribution < 1.29 is 0 Å². The molecule has 2 saturated carbocycles. The first kappa shape index (κ1) is 14.8. The van der Waals surface area contributed by atoms with Gasteiger partial charge in [-0.05, 0) is 62.2 Å². The van der Waals surface area contributed by atoms with Crippen molar-refractivity contribution in [2.45, 2.75) is 72.1 Å². The predicted molar refractivity (Wildman–Crippen MR) is 78.1 cm³/mol. The van der Waals surface area contributed by atoms with Gasteiger partial charge in [0, 0.05) is 0 Å². The van der Waals surface area contributed by atoms with Crippen LogP contribution in [0.25, 0.3) is 0 Å². The topological polar surface area (TPSA) is 0 Å². The van der Waals surface area contributed by atoms with Crippen LogP contribution in [-0.2, 0) is 0 Å². The summed E-state index contributed by atoms with van der Waals surface area (Å²) in [6.45, 7) is 10.4. The molecule has 0 heteroatoms. The van der Waals surface area contributed by atoms with E-state index in [-0.39, 0.29) is 0 Å². The first-order valence-electron chi connectivity index (χ1n) is 7.92. The summed E-state index contributed by atoms with van der Waals surface area (Å²) in [5.74, 6) is 3.98. The van der Waals surface area contributed by atoms with E-state index in [2.05, 4.69) is 19.6 Å². The van der Waals surface area contributed by atoms with Gasteiger partial charge in [0.15, 0.2) is 0 Å². The highest BCUT2D eigenvalue weighted by Gasteiger charge is 2.28. The van der Waals surface area contributed by atoms with Crippen LogP contribution in [0.4, 0.5) is 0 Å². The number of hydrogen-bond donors (Lipinski definition) is 0. The van der Waals surface area contributed by atoms with E-state index < -0.39 is 0 Å². The molecule has 0 aromatic carbocycles. The molecule has 0 aromatic rings. The Kier molecular flexibility index (Phi) is 6.92. The van der Waals surface area contributed by atoms with Crippen molar-refractivity contribution in [3.8, 4) is 0 Å². The van der Waals surface area contributed by atoms with Crippen LogP contribution in [0.5, 0.6) is 0 Å². The molecule has 0 aromatic heterocycles. The van der Waals surface area contributed by atoms with Crippen LogP contribution in [-0.4, -0.2) is 0 Å². The van der Waals surface area contributed by atoms with E-state index in [0.29, 0.717) is 0 Å². The van der Waals surface area contributed by atoms with Crippen molar-refractivity contribution in [3.63, 3.8) is 0 Å². The maximum atomic E-state index is 3.93. The van der Waals surface area contributed by atoms with Gasteiger partial charge in [0.05, 0.1) is 0 Å². The van der Waals surface area contributed by atoms with E-state index in [1.807, 2.05) is 13.8 Å². The van der Waals surface area contributed by atoms with Gasteiger partial charge in [-0.3, -0.25) is 0 Å². The van der Waals surface area contributed by atoms with Gasteiger partial charge in [-0.15, -0.1) is 6.58 Å². The lowest BCUT2D eigenvalue weighted by Gasteiger charge is -2.36. The summed E-state index contributed by atoms with van der Waals surface area (Å²) in [6, 6.07) is 0. The third kappa shape index (κ3) is 4.48. The number of rotatable bonds is 2. The molecule has 0 atom stereocenters. The van der Waals surface area contributed by atoms with Crippen molar-refractivity contribution in [3.05, 3.63) is 12.7 Å². The second-order valence-corrected chi connectivity index (χ2v) is 5.93. The summed E-state index contributed by atoms with van der Waals surface area (Å²) in [4.78, 5) is 0. The Labute approximate surface area is 109 Å². The van der Waals surface area contributed by atoms with Crippen LogP contribution in [0.2, 0.25) is 0 Å². The van der Waals surface area contributed by atoms with Gasteiger partial charge in [-0.1, -0.05) is 39.7 Å². The van der Waals surface area contributed by atoms with Crippen LogP contribution in [0.3, 0.4) is 0 Å². The number of hydrogen-bond acceptors (Lipinski definition) is 0. The SMILES string of the molecule is C=CC1CCC(C2CCC(C)CC2)CC1.CC. The Balaban J connectivity index is 0.000000686. The fourth-order valence-corrected chi connectivity index (χ4v) is 3.61. The van der Waals surface area contributed by atoms with Gasteiger partial charge in [0.1, 0.15) is 0 Å². The zero-order valence-electron chi connectivity index (χ0n) is 12.3. The highest BCUT2D eigenvalue weighted by atomic mass is 14.3. The smallest absolute Gasteiger partial charge is 0.0236 e. The molecule has 100 valence electrons. The molecule has 2 rings (SSSR count). The van der Waals surface area contributed by atoms with Crippen LogP contribution >= 0.6 is 0 Å². The summed E-state index contributed by atoms with van der Waals surface area (Å²) in [7, 11) is 0. The van der Waals surface area contributed by atoms with Crippen molar-refractivity contribution in [2.75, 3.05) is 0 Å². The summed E-state index contributed by atoms with van der Waals surface area (Å²) in [5.41, 5.74) is 0. The molecule has 2 aliphatic carbocycles. The molecule has 0 N–H and O–H groups in total.